The van der Waals surface area contributed by atoms with Gasteiger partial charge in [0.15, 0.2) is 0 Å². The van der Waals surface area contributed by atoms with Crippen molar-refractivity contribution in [2.45, 2.75) is 174 Å². The Morgan fingerprint density at radius 2 is 1.05 bits per heavy atom. The maximum Gasteiger partial charge on any atom is 0.0167 e. The molecule has 8 aromatic carbocycles. The third-order valence-electron chi connectivity index (χ3n) is 24.8. The van der Waals surface area contributed by atoms with Crippen LogP contribution in [-0.2, 0) is 60.2 Å². The molecule has 9 aliphatic rings. The molecule has 6 atom stereocenters. The van der Waals surface area contributed by atoms with Crippen molar-refractivity contribution in [3.8, 4) is 11.1 Å². The second-order valence-electron chi connectivity index (χ2n) is 30.5. The summed E-state index contributed by atoms with van der Waals surface area (Å²) in [6, 6.07) is 48.0. The fourth-order valence-electron chi connectivity index (χ4n) is 19.9. The summed E-state index contributed by atoms with van der Waals surface area (Å²) >= 11 is 0. The van der Waals surface area contributed by atoms with Gasteiger partial charge >= 0.3 is 0 Å². The molecule has 0 nitrogen and oxygen atoms in total. The Morgan fingerprint density at radius 3 is 1.73 bits per heavy atom. The van der Waals surface area contributed by atoms with Crippen LogP contribution in [0.3, 0.4) is 0 Å². The number of allylic oxidation sites excluding steroid dienone is 12. The van der Waals surface area contributed by atoms with Gasteiger partial charge in [0.05, 0.1) is 0 Å². The Kier molecular flexibility index (Phi) is 11.8. The molecule has 9 aliphatic carbocycles. The van der Waals surface area contributed by atoms with Gasteiger partial charge < -0.3 is 0 Å². The van der Waals surface area contributed by atoms with E-state index in [0.717, 1.165) is 51.4 Å². The molecule has 88 heavy (non-hydrogen) atoms. The van der Waals surface area contributed by atoms with Crippen molar-refractivity contribution >= 4 is 50.4 Å². The summed E-state index contributed by atoms with van der Waals surface area (Å²) < 4.78 is 0. The van der Waals surface area contributed by atoms with Crippen LogP contribution >= 0.6 is 0 Å². The van der Waals surface area contributed by atoms with Crippen LogP contribution < -0.4 is 10.4 Å². The van der Waals surface area contributed by atoms with Gasteiger partial charge in [0.25, 0.3) is 0 Å². The van der Waals surface area contributed by atoms with Crippen molar-refractivity contribution in [2.75, 3.05) is 0 Å². The zero-order chi connectivity index (χ0) is 60.2. The first-order valence-electron chi connectivity index (χ1n) is 34.1. The predicted octanol–water partition coefficient (Wildman–Crippen LogP) is 20.4. The summed E-state index contributed by atoms with van der Waals surface area (Å²) in [5.74, 6) is 1.74. The second-order valence-corrected chi connectivity index (χ2v) is 30.5. The lowest BCUT2D eigenvalue weighted by atomic mass is 9.69. The van der Waals surface area contributed by atoms with Crippen LogP contribution in [0, 0.1) is 17.8 Å². The van der Waals surface area contributed by atoms with Crippen LogP contribution in [0.1, 0.15) is 208 Å². The molecule has 0 heteroatoms. The number of rotatable bonds is 8. The molecule has 17 rings (SSSR count). The van der Waals surface area contributed by atoms with Crippen LogP contribution in [0.2, 0.25) is 0 Å². The maximum absolute atomic E-state index is 2.78. The van der Waals surface area contributed by atoms with Gasteiger partial charge in [-0.1, -0.05) is 240 Å². The van der Waals surface area contributed by atoms with Crippen molar-refractivity contribution < 1.29 is 0 Å². The zero-order valence-electron chi connectivity index (χ0n) is 54.3. The highest BCUT2D eigenvalue weighted by Crippen LogP contribution is 2.61. The average Bonchev–Trinajstić information content (AvgIpc) is 1.37. The summed E-state index contributed by atoms with van der Waals surface area (Å²) in [5.41, 5.74) is 35.7. The largest absolute Gasteiger partial charge is 0.0836 e. The second kappa shape index (κ2) is 19.0. The maximum atomic E-state index is 2.78. The van der Waals surface area contributed by atoms with E-state index in [4.69, 9.17) is 0 Å². The van der Waals surface area contributed by atoms with E-state index >= 15 is 0 Å². The van der Waals surface area contributed by atoms with Crippen molar-refractivity contribution in [3.63, 3.8) is 0 Å². The van der Waals surface area contributed by atoms with E-state index in [1.54, 1.807) is 39.0 Å². The third kappa shape index (κ3) is 7.39. The van der Waals surface area contributed by atoms with Gasteiger partial charge in [0.1, 0.15) is 0 Å². The quantitative estimate of drug-likeness (QED) is 0.133. The Morgan fingerprint density at radius 1 is 0.477 bits per heavy atom. The fourth-order valence-corrected chi connectivity index (χ4v) is 19.9. The van der Waals surface area contributed by atoms with Gasteiger partial charge in [0, 0.05) is 34.5 Å². The van der Waals surface area contributed by atoms with E-state index in [1.165, 1.54) is 127 Å². The summed E-state index contributed by atoms with van der Waals surface area (Å²) in [6.07, 6.45) is 31.5. The lowest BCUT2D eigenvalue weighted by Crippen LogP contribution is -2.28. The number of aryl methyl sites for hydroxylation is 4. The average molecular weight is 1140 g/mol. The Bertz CT molecular complexity index is 4800. The Labute approximate surface area is 524 Å². The predicted molar refractivity (Wildman–Crippen MR) is 374 cm³/mol. The minimum absolute atomic E-state index is 0.0246. The number of hydrogen-bond acceptors (Lipinski definition) is 0. The lowest BCUT2D eigenvalue weighted by molar-refractivity contribution is 0.412. The topological polar surface area (TPSA) is 0 Å². The van der Waals surface area contributed by atoms with Crippen molar-refractivity contribution in [3.05, 3.63) is 274 Å². The molecule has 0 amide bonds. The van der Waals surface area contributed by atoms with Gasteiger partial charge in [-0.15, -0.1) is 0 Å². The summed E-state index contributed by atoms with van der Waals surface area (Å²) in [5, 5.41) is 8.69. The zero-order valence-corrected chi connectivity index (χ0v) is 54.3. The fraction of sp³-hybridized carbons (Fsp3) is 0.341. The normalized spacial score (nSPS) is 24.3. The van der Waals surface area contributed by atoms with Crippen molar-refractivity contribution in [1.29, 1.82) is 0 Å². The minimum atomic E-state index is -0.0882. The van der Waals surface area contributed by atoms with Gasteiger partial charge in [0.2, 0.25) is 0 Å². The van der Waals surface area contributed by atoms with E-state index in [2.05, 4.69) is 253 Å². The smallest absolute Gasteiger partial charge is 0.0167 e. The molecule has 0 fully saturated rings. The van der Waals surface area contributed by atoms with E-state index in [1.807, 2.05) is 0 Å². The first-order valence-corrected chi connectivity index (χ1v) is 34.1. The molecular formula is C88H86. The molecule has 0 radical (unpaired) electrons. The molecule has 0 aromatic heterocycles. The molecule has 6 unspecified atom stereocenters. The highest BCUT2D eigenvalue weighted by atomic mass is 14.5. The molecule has 8 aromatic rings. The SMILES string of the molecule is CCc1ccc2c(c1)C(C)(C)C1=CC=CC(c3cc4c5c(c6c7c(cc(C8=C9c%10ccc(CC)cc%10C(C)(C)C9CC=C8)cc7c5c3)=CC(c3cccc5c3-c3ccc(CC)cc3C5(C)C)C6)CC(C3=C5c6ccc(CC)cc6C(C)(C)C5CC=C3)C=4)C12. The van der Waals surface area contributed by atoms with Gasteiger partial charge in [-0.2, -0.15) is 0 Å². The molecule has 0 saturated carbocycles. The first-order chi connectivity index (χ1) is 42.4. The van der Waals surface area contributed by atoms with Crippen LogP contribution in [0.4, 0.5) is 0 Å². The standard InChI is InChI=1S/C88H86/c1-13-49-29-33-63-75(37-49)85(5,6)71-25-17-21-59(81(63)71)53-41-57-42-54(60-22-18-26-72-82(60)64-34-30-50(14-2)38-76(64)86(72,7)8)47-69-70-48-56(62-24-20-28-74-84(62)66-36-32-52(16-4)40-78(66)88(74,11)12)44-58-43-55(46-68(80(58)70)67(45-53)79(57)69)61-23-19-27-73-83(61)65-35-31-51(15-3)39-77(65)87(73,9)10/h17-25,28-46,54,56,59,72-73,81H,13-16,26-27,47-48H2,1-12H3. The molecule has 0 spiro atoms. The van der Waals surface area contributed by atoms with E-state index < -0.39 is 0 Å². The summed E-state index contributed by atoms with van der Waals surface area (Å²) in [4.78, 5) is 0. The third-order valence-corrected chi connectivity index (χ3v) is 24.8. The molecular weight excluding hydrogens is 1060 g/mol. The highest BCUT2D eigenvalue weighted by Gasteiger charge is 2.49. The number of hydrogen-bond donors (Lipinski definition) is 0. The van der Waals surface area contributed by atoms with Crippen molar-refractivity contribution in [2.24, 2.45) is 17.8 Å². The molecule has 0 N–H and O–H groups in total. The van der Waals surface area contributed by atoms with Gasteiger partial charge in [-0.05, 0) is 252 Å². The summed E-state index contributed by atoms with van der Waals surface area (Å²) in [6.45, 7) is 29.3. The molecule has 0 heterocycles. The highest BCUT2D eigenvalue weighted by molar-refractivity contribution is 6.14. The monoisotopic (exact) mass is 1140 g/mol. The number of fused-ring (bicyclic) bond motifs is 14. The lowest BCUT2D eigenvalue weighted by Gasteiger charge is -2.35. The minimum Gasteiger partial charge on any atom is -0.0836 e. The molecule has 438 valence electrons. The van der Waals surface area contributed by atoms with Crippen molar-refractivity contribution in [1.82, 2.24) is 0 Å². The molecule has 0 aliphatic heterocycles. The molecule has 0 saturated heterocycles. The van der Waals surface area contributed by atoms with Gasteiger partial charge in [-0.3, -0.25) is 0 Å². The van der Waals surface area contributed by atoms with E-state index in [0.29, 0.717) is 11.8 Å². The number of benzene rings is 8. The van der Waals surface area contributed by atoms with Crippen LogP contribution in [0.5, 0.6) is 0 Å². The summed E-state index contributed by atoms with van der Waals surface area (Å²) in [7, 11) is 0. The van der Waals surface area contributed by atoms with Crippen LogP contribution in [0.25, 0.3) is 61.5 Å². The Balaban J connectivity index is 0.967. The Hall–Kier alpha value is -7.54. The first kappa shape index (κ1) is 54.6. The molecule has 0 bridgehead atoms. The van der Waals surface area contributed by atoms with Gasteiger partial charge in [-0.25, -0.2) is 0 Å². The van der Waals surface area contributed by atoms with E-state index in [9.17, 15) is 0 Å². The van der Waals surface area contributed by atoms with Crippen LogP contribution in [0.15, 0.2) is 169 Å². The van der Waals surface area contributed by atoms with Crippen LogP contribution in [-0.4, -0.2) is 0 Å². The van der Waals surface area contributed by atoms with E-state index in [-0.39, 0.29) is 45.3 Å².